The Hall–Kier alpha value is -3.78. The van der Waals surface area contributed by atoms with Crippen molar-refractivity contribution in [1.29, 1.82) is 0 Å². The maximum Gasteiger partial charge on any atom is 0.0454 e. The Balaban J connectivity index is 0.00000116. The Kier molecular flexibility index (Phi) is 10.9. The van der Waals surface area contributed by atoms with E-state index in [9.17, 15) is 0 Å². The summed E-state index contributed by atoms with van der Waals surface area (Å²) in [4.78, 5) is 2.35. The lowest BCUT2D eigenvalue weighted by Crippen LogP contribution is -2.26. The molecule has 0 saturated carbocycles. The van der Waals surface area contributed by atoms with Crippen molar-refractivity contribution in [1.82, 2.24) is 0 Å². The average Bonchev–Trinajstić information content (AvgIpc) is 3.22. The third-order valence-electron chi connectivity index (χ3n) is 8.75. The van der Waals surface area contributed by atoms with Crippen LogP contribution in [0.4, 0.5) is 11.4 Å². The monoisotopic (exact) mass is 560 g/mol. The number of fused-ring (bicyclic) bond motifs is 4. The van der Waals surface area contributed by atoms with Gasteiger partial charge in [0.25, 0.3) is 0 Å². The van der Waals surface area contributed by atoms with Gasteiger partial charge < -0.3 is 10.2 Å². The molecule has 5 rings (SSSR count). The topological polar surface area (TPSA) is 15.3 Å². The molecular weight excluding hydrogens is 508 g/mol. The molecule has 1 N–H and O–H groups in total. The highest BCUT2D eigenvalue weighted by Gasteiger charge is 2.39. The minimum Gasteiger partial charge on any atom is -0.388 e. The van der Waals surface area contributed by atoms with Crippen LogP contribution >= 0.6 is 0 Å². The lowest BCUT2D eigenvalue weighted by molar-refractivity contribution is 0.414. The lowest BCUT2D eigenvalue weighted by Gasteiger charge is -2.33. The summed E-state index contributed by atoms with van der Waals surface area (Å²) < 4.78 is 0. The molecule has 0 radical (unpaired) electrons. The molecule has 2 nitrogen and oxygen atoms in total. The zero-order valence-electron chi connectivity index (χ0n) is 27.8. The number of likely N-dealkylation sites (N-methyl/N-ethyl adjacent to an activating group) is 1. The fraction of sp³-hybridized carbons (Fsp3) is 0.350. The van der Waals surface area contributed by atoms with E-state index in [1.54, 1.807) is 0 Å². The van der Waals surface area contributed by atoms with E-state index in [0.717, 1.165) is 0 Å². The number of anilines is 2. The summed E-state index contributed by atoms with van der Waals surface area (Å²) in [6.45, 7) is 19.7. The molecule has 1 aliphatic heterocycles. The van der Waals surface area contributed by atoms with Crippen LogP contribution in [0, 0.1) is 5.92 Å². The maximum atomic E-state index is 3.44. The fourth-order valence-electron chi connectivity index (χ4n) is 6.28. The molecule has 0 spiro atoms. The van der Waals surface area contributed by atoms with Gasteiger partial charge in [0, 0.05) is 36.6 Å². The summed E-state index contributed by atoms with van der Waals surface area (Å²) in [7, 11) is 4.20. The number of rotatable bonds is 6. The number of allylic oxidation sites excluding steroid dienone is 6. The van der Waals surface area contributed by atoms with Gasteiger partial charge in [-0.2, -0.15) is 0 Å². The molecule has 4 aromatic carbocycles. The van der Waals surface area contributed by atoms with E-state index in [-0.39, 0.29) is 10.8 Å². The van der Waals surface area contributed by atoms with Crippen molar-refractivity contribution in [3.8, 4) is 0 Å². The standard InChI is InChI=1S/C36H40N2.2C2H6/c1-25(35(2,3)33-28-18-13-11-16-26(28)21-23-30(33)37-6)15-9-8-10-20-32-36(4,5)34-29-19-14-12-17-27(29)22-24-31(34)38(32)7;2*1-2/h8-25,37H,1-7H3;2*1-2H3/b10-8+,15-9+,32-20+;;. The highest BCUT2D eigenvalue weighted by Crippen LogP contribution is 2.50. The summed E-state index contributed by atoms with van der Waals surface area (Å²) in [5.41, 5.74) is 6.50. The molecular formula is C40H52N2. The third-order valence-corrected chi connectivity index (χ3v) is 8.75. The first-order valence-corrected chi connectivity index (χ1v) is 15.7. The van der Waals surface area contributed by atoms with Crippen molar-refractivity contribution in [2.24, 2.45) is 5.92 Å². The van der Waals surface area contributed by atoms with E-state index >= 15 is 0 Å². The minimum atomic E-state index is -0.0633. The molecule has 1 aliphatic rings. The number of nitrogens with zero attached hydrogens (tertiary/aromatic N) is 1. The number of hydrogen-bond acceptors (Lipinski definition) is 2. The van der Waals surface area contributed by atoms with Crippen molar-refractivity contribution in [2.75, 3.05) is 24.3 Å². The predicted molar refractivity (Wildman–Crippen MR) is 190 cm³/mol. The molecule has 222 valence electrons. The Morgan fingerprint density at radius 1 is 0.762 bits per heavy atom. The molecule has 1 unspecified atom stereocenters. The van der Waals surface area contributed by atoms with E-state index in [1.807, 2.05) is 34.7 Å². The van der Waals surface area contributed by atoms with Gasteiger partial charge in [-0.1, -0.05) is 147 Å². The third kappa shape index (κ3) is 6.04. The van der Waals surface area contributed by atoms with Gasteiger partial charge in [-0.15, -0.1) is 0 Å². The summed E-state index contributed by atoms with van der Waals surface area (Å²) in [6.07, 6.45) is 11.2. The van der Waals surface area contributed by atoms with E-state index in [2.05, 4.69) is 155 Å². The number of hydrogen-bond donors (Lipinski definition) is 1. The van der Waals surface area contributed by atoms with E-state index in [4.69, 9.17) is 0 Å². The fourth-order valence-corrected chi connectivity index (χ4v) is 6.28. The Bertz CT molecular complexity index is 1580. The predicted octanol–water partition coefficient (Wildman–Crippen LogP) is 11.4. The van der Waals surface area contributed by atoms with Gasteiger partial charge in [-0.05, 0) is 62.2 Å². The van der Waals surface area contributed by atoms with Gasteiger partial charge in [0.1, 0.15) is 0 Å². The summed E-state index contributed by atoms with van der Waals surface area (Å²) in [5.74, 6) is 0.346. The molecule has 0 bridgehead atoms. The van der Waals surface area contributed by atoms with Crippen LogP contribution in [0.25, 0.3) is 21.5 Å². The van der Waals surface area contributed by atoms with Gasteiger partial charge in [-0.3, -0.25) is 0 Å². The summed E-state index contributed by atoms with van der Waals surface area (Å²) >= 11 is 0. The lowest BCUT2D eigenvalue weighted by atomic mass is 9.71. The zero-order valence-corrected chi connectivity index (χ0v) is 27.8. The largest absolute Gasteiger partial charge is 0.388 e. The molecule has 2 heteroatoms. The first kappa shape index (κ1) is 32.7. The van der Waals surface area contributed by atoms with E-state index in [0.29, 0.717) is 5.92 Å². The molecule has 42 heavy (non-hydrogen) atoms. The molecule has 4 aromatic rings. The van der Waals surface area contributed by atoms with Crippen LogP contribution in [-0.2, 0) is 10.8 Å². The smallest absolute Gasteiger partial charge is 0.0454 e. The second-order valence-electron chi connectivity index (χ2n) is 11.7. The quantitative estimate of drug-likeness (QED) is 0.236. The normalized spacial score (nSPS) is 15.9. The van der Waals surface area contributed by atoms with Gasteiger partial charge >= 0.3 is 0 Å². The van der Waals surface area contributed by atoms with Crippen LogP contribution in [0.15, 0.2) is 109 Å². The Morgan fingerprint density at radius 2 is 1.33 bits per heavy atom. The van der Waals surface area contributed by atoms with Crippen molar-refractivity contribution in [3.63, 3.8) is 0 Å². The van der Waals surface area contributed by atoms with Crippen LogP contribution in [0.5, 0.6) is 0 Å². The van der Waals surface area contributed by atoms with Crippen LogP contribution in [0.1, 0.15) is 73.4 Å². The molecule has 1 atom stereocenters. The summed E-state index contributed by atoms with van der Waals surface area (Å²) in [5, 5.41) is 8.69. The van der Waals surface area contributed by atoms with Gasteiger partial charge in [0.2, 0.25) is 0 Å². The van der Waals surface area contributed by atoms with Gasteiger partial charge in [-0.25, -0.2) is 0 Å². The van der Waals surface area contributed by atoms with Crippen molar-refractivity contribution < 1.29 is 0 Å². The van der Waals surface area contributed by atoms with Gasteiger partial charge in [0.05, 0.1) is 0 Å². The first-order valence-electron chi connectivity index (χ1n) is 15.7. The second-order valence-corrected chi connectivity index (χ2v) is 11.7. The molecule has 0 fully saturated rings. The van der Waals surface area contributed by atoms with Crippen LogP contribution in [0.2, 0.25) is 0 Å². The van der Waals surface area contributed by atoms with Crippen molar-refractivity contribution in [3.05, 3.63) is 120 Å². The van der Waals surface area contributed by atoms with Crippen molar-refractivity contribution >= 4 is 32.9 Å². The molecule has 0 aliphatic carbocycles. The SMILES string of the molecule is CC.CC.CNc1ccc2ccccc2c1C(C)(C)C(C)/C=C/C=C/C=C1/N(C)c2ccc3ccccc3c2C1(C)C. The number of benzene rings is 4. The Labute approximate surface area is 255 Å². The molecule has 0 aromatic heterocycles. The zero-order chi connectivity index (χ0) is 31.1. The minimum absolute atomic E-state index is 0.0433. The summed E-state index contributed by atoms with van der Waals surface area (Å²) in [6, 6.07) is 26.3. The van der Waals surface area contributed by atoms with Crippen LogP contribution in [0.3, 0.4) is 0 Å². The Morgan fingerprint density at radius 3 is 1.98 bits per heavy atom. The molecule has 0 saturated heterocycles. The average molecular weight is 561 g/mol. The molecule has 0 amide bonds. The highest BCUT2D eigenvalue weighted by atomic mass is 15.2. The van der Waals surface area contributed by atoms with E-state index < -0.39 is 0 Å². The highest BCUT2D eigenvalue weighted by molar-refractivity contribution is 5.95. The second kappa shape index (κ2) is 13.9. The first-order chi connectivity index (χ1) is 20.2. The van der Waals surface area contributed by atoms with Crippen molar-refractivity contribution in [2.45, 2.75) is 73.1 Å². The van der Waals surface area contributed by atoms with E-state index in [1.165, 1.54) is 49.7 Å². The van der Waals surface area contributed by atoms with Gasteiger partial charge in [0.15, 0.2) is 0 Å². The molecule has 1 heterocycles. The maximum absolute atomic E-state index is 3.44. The van der Waals surface area contributed by atoms with Crippen LogP contribution in [-0.4, -0.2) is 14.1 Å². The van der Waals surface area contributed by atoms with Crippen LogP contribution < -0.4 is 10.2 Å². The number of nitrogens with one attached hydrogen (secondary N) is 1.